The standard InChI is InChI=1S/C15H21FN2O2/c1-11(2)7-8-17-15(20)10-18-14(19)9-12-5-3-4-6-13(12)16/h3-6,11H,7-10H2,1-2H3,(H,17,20)(H,18,19). The van der Waals surface area contributed by atoms with Crippen molar-refractivity contribution >= 4 is 11.8 Å². The summed E-state index contributed by atoms with van der Waals surface area (Å²) < 4.78 is 13.3. The summed E-state index contributed by atoms with van der Waals surface area (Å²) in [6, 6.07) is 6.10. The van der Waals surface area contributed by atoms with E-state index in [0.717, 1.165) is 6.42 Å². The van der Waals surface area contributed by atoms with E-state index in [2.05, 4.69) is 24.5 Å². The van der Waals surface area contributed by atoms with Crippen LogP contribution in [0.2, 0.25) is 0 Å². The van der Waals surface area contributed by atoms with Crippen molar-refractivity contribution in [2.75, 3.05) is 13.1 Å². The van der Waals surface area contributed by atoms with Crippen LogP contribution in [0.1, 0.15) is 25.8 Å². The van der Waals surface area contributed by atoms with E-state index in [9.17, 15) is 14.0 Å². The van der Waals surface area contributed by atoms with E-state index in [-0.39, 0.29) is 24.8 Å². The van der Waals surface area contributed by atoms with Gasteiger partial charge < -0.3 is 10.6 Å². The van der Waals surface area contributed by atoms with Gasteiger partial charge in [-0.25, -0.2) is 4.39 Å². The Kier molecular flexibility index (Phi) is 6.70. The number of halogens is 1. The Hall–Kier alpha value is -1.91. The summed E-state index contributed by atoms with van der Waals surface area (Å²) in [5.41, 5.74) is 0.324. The van der Waals surface area contributed by atoms with Crippen LogP contribution in [0.4, 0.5) is 4.39 Å². The largest absolute Gasteiger partial charge is 0.355 e. The fraction of sp³-hybridized carbons (Fsp3) is 0.467. The smallest absolute Gasteiger partial charge is 0.239 e. The number of nitrogens with one attached hydrogen (secondary N) is 2. The van der Waals surface area contributed by atoms with E-state index in [1.165, 1.54) is 6.07 Å². The zero-order valence-electron chi connectivity index (χ0n) is 11.9. The first-order chi connectivity index (χ1) is 9.49. The van der Waals surface area contributed by atoms with Crippen LogP contribution >= 0.6 is 0 Å². The first kappa shape index (κ1) is 16.1. The van der Waals surface area contributed by atoms with Gasteiger partial charge in [0, 0.05) is 6.54 Å². The van der Waals surface area contributed by atoms with Crippen molar-refractivity contribution < 1.29 is 14.0 Å². The summed E-state index contributed by atoms with van der Waals surface area (Å²) in [6.45, 7) is 4.66. The molecule has 4 nitrogen and oxygen atoms in total. The highest BCUT2D eigenvalue weighted by Crippen LogP contribution is 2.06. The Morgan fingerprint density at radius 2 is 1.85 bits per heavy atom. The second kappa shape index (κ2) is 8.30. The number of carbonyl (C=O) groups excluding carboxylic acids is 2. The second-order valence-electron chi connectivity index (χ2n) is 5.08. The van der Waals surface area contributed by atoms with E-state index < -0.39 is 5.82 Å². The van der Waals surface area contributed by atoms with Gasteiger partial charge in [0.25, 0.3) is 0 Å². The van der Waals surface area contributed by atoms with Gasteiger partial charge in [0.15, 0.2) is 0 Å². The average molecular weight is 280 g/mol. The number of carbonyl (C=O) groups is 2. The summed E-state index contributed by atoms with van der Waals surface area (Å²) >= 11 is 0. The number of amides is 2. The first-order valence-electron chi connectivity index (χ1n) is 6.76. The Morgan fingerprint density at radius 1 is 1.15 bits per heavy atom. The van der Waals surface area contributed by atoms with Crippen molar-refractivity contribution in [1.82, 2.24) is 10.6 Å². The van der Waals surface area contributed by atoms with Crippen molar-refractivity contribution in [2.24, 2.45) is 5.92 Å². The van der Waals surface area contributed by atoms with Gasteiger partial charge in [0.2, 0.25) is 11.8 Å². The van der Waals surface area contributed by atoms with E-state index in [1.807, 2.05) is 0 Å². The quantitative estimate of drug-likeness (QED) is 0.798. The van der Waals surface area contributed by atoms with E-state index in [0.29, 0.717) is 18.0 Å². The lowest BCUT2D eigenvalue weighted by Gasteiger charge is -2.08. The second-order valence-corrected chi connectivity index (χ2v) is 5.08. The molecule has 0 atom stereocenters. The maximum absolute atomic E-state index is 13.3. The molecule has 0 radical (unpaired) electrons. The summed E-state index contributed by atoms with van der Waals surface area (Å²) in [5, 5.41) is 5.20. The SMILES string of the molecule is CC(C)CCNC(=O)CNC(=O)Cc1ccccc1F. The minimum absolute atomic E-state index is 0.0635. The molecule has 0 bridgehead atoms. The molecular weight excluding hydrogens is 259 g/mol. The topological polar surface area (TPSA) is 58.2 Å². The van der Waals surface area contributed by atoms with Gasteiger partial charge >= 0.3 is 0 Å². The predicted molar refractivity (Wildman–Crippen MR) is 75.6 cm³/mol. The zero-order chi connectivity index (χ0) is 15.0. The fourth-order valence-electron chi connectivity index (χ4n) is 1.62. The molecule has 0 spiro atoms. The van der Waals surface area contributed by atoms with Crippen molar-refractivity contribution in [2.45, 2.75) is 26.7 Å². The third-order valence-corrected chi connectivity index (χ3v) is 2.80. The molecule has 0 aliphatic rings. The number of hydrogen-bond donors (Lipinski definition) is 2. The highest BCUT2D eigenvalue weighted by molar-refractivity contribution is 5.85. The Morgan fingerprint density at radius 3 is 2.50 bits per heavy atom. The Bertz CT molecular complexity index is 461. The van der Waals surface area contributed by atoms with Crippen LogP contribution in [-0.2, 0) is 16.0 Å². The molecule has 110 valence electrons. The number of rotatable bonds is 7. The molecule has 1 aromatic rings. The monoisotopic (exact) mass is 280 g/mol. The Balaban J connectivity index is 2.26. The van der Waals surface area contributed by atoms with Crippen molar-refractivity contribution in [1.29, 1.82) is 0 Å². The Labute approximate surface area is 118 Å². The third kappa shape index (κ3) is 6.31. The van der Waals surface area contributed by atoms with Gasteiger partial charge in [-0.15, -0.1) is 0 Å². The van der Waals surface area contributed by atoms with Crippen LogP contribution in [0.5, 0.6) is 0 Å². The molecule has 0 aromatic heterocycles. The van der Waals surface area contributed by atoms with Crippen LogP contribution in [0.15, 0.2) is 24.3 Å². The minimum Gasteiger partial charge on any atom is -0.355 e. The van der Waals surface area contributed by atoms with Gasteiger partial charge in [-0.05, 0) is 24.0 Å². The lowest BCUT2D eigenvalue weighted by atomic mass is 10.1. The number of hydrogen-bond acceptors (Lipinski definition) is 2. The van der Waals surface area contributed by atoms with Crippen LogP contribution in [0.3, 0.4) is 0 Å². The molecule has 2 N–H and O–H groups in total. The molecule has 0 aliphatic carbocycles. The maximum Gasteiger partial charge on any atom is 0.239 e. The van der Waals surface area contributed by atoms with Gasteiger partial charge in [0.1, 0.15) is 5.82 Å². The molecule has 0 heterocycles. The summed E-state index contributed by atoms with van der Waals surface area (Å²) in [4.78, 5) is 23.0. The molecule has 0 saturated carbocycles. The van der Waals surface area contributed by atoms with Crippen LogP contribution in [0, 0.1) is 11.7 Å². The zero-order valence-corrected chi connectivity index (χ0v) is 11.9. The minimum atomic E-state index is -0.413. The summed E-state index contributed by atoms with van der Waals surface area (Å²) in [6.07, 6.45) is 0.834. The van der Waals surface area contributed by atoms with Crippen LogP contribution < -0.4 is 10.6 Å². The molecule has 0 saturated heterocycles. The van der Waals surface area contributed by atoms with Gasteiger partial charge in [-0.1, -0.05) is 32.0 Å². The van der Waals surface area contributed by atoms with Crippen molar-refractivity contribution in [3.8, 4) is 0 Å². The lowest BCUT2D eigenvalue weighted by Crippen LogP contribution is -2.38. The first-order valence-corrected chi connectivity index (χ1v) is 6.76. The lowest BCUT2D eigenvalue weighted by molar-refractivity contribution is -0.125. The molecule has 0 aliphatic heterocycles. The van der Waals surface area contributed by atoms with Gasteiger partial charge in [0.05, 0.1) is 13.0 Å². The molecule has 5 heteroatoms. The average Bonchev–Trinajstić information content (AvgIpc) is 2.39. The number of benzene rings is 1. The van der Waals surface area contributed by atoms with E-state index >= 15 is 0 Å². The maximum atomic E-state index is 13.3. The molecule has 1 rings (SSSR count). The van der Waals surface area contributed by atoms with Crippen LogP contribution in [0.25, 0.3) is 0 Å². The van der Waals surface area contributed by atoms with Crippen LogP contribution in [-0.4, -0.2) is 24.9 Å². The molecule has 20 heavy (non-hydrogen) atoms. The van der Waals surface area contributed by atoms with Gasteiger partial charge in [-0.2, -0.15) is 0 Å². The summed E-state index contributed by atoms with van der Waals surface area (Å²) in [5.74, 6) is -0.489. The van der Waals surface area contributed by atoms with Crippen molar-refractivity contribution in [3.63, 3.8) is 0 Å². The summed E-state index contributed by atoms with van der Waals surface area (Å²) in [7, 11) is 0. The fourth-order valence-corrected chi connectivity index (χ4v) is 1.62. The van der Waals surface area contributed by atoms with Crippen molar-refractivity contribution in [3.05, 3.63) is 35.6 Å². The molecular formula is C15H21FN2O2. The normalized spacial score (nSPS) is 10.4. The van der Waals surface area contributed by atoms with E-state index in [1.54, 1.807) is 18.2 Å². The van der Waals surface area contributed by atoms with E-state index in [4.69, 9.17) is 0 Å². The third-order valence-electron chi connectivity index (χ3n) is 2.80. The molecule has 0 unspecified atom stereocenters. The molecule has 0 fully saturated rings. The highest BCUT2D eigenvalue weighted by Gasteiger charge is 2.09. The predicted octanol–water partition coefficient (Wildman–Crippen LogP) is 1.65. The molecule has 2 amide bonds. The highest BCUT2D eigenvalue weighted by atomic mass is 19.1. The van der Waals surface area contributed by atoms with Gasteiger partial charge in [-0.3, -0.25) is 9.59 Å². The molecule has 1 aromatic carbocycles.